The molecule has 0 heterocycles. The van der Waals surface area contributed by atoms with Crippen LogP contribution in [-0.4, -0.2) is 50.5 Å². The quantitative estimate of drug-likeness (QED) is 0.411. The zero-order chi connectivity index (χ0) is 25.1. The van der Waals surface area contributed by atoms with Gasteiger partial charge in [0.1, 0.15) is 6.04 Å². The van der Waals surface area contributed by atoms with Crippen molar-refractivity contribution in [1.29, 1.82) is 0 Å². The standard InChI is InChI=1S/C25H34ClN3O4S/c1-4-5-17-27-25(31)20(2)28(19-21-13-15-22(26)16-14-21)24(30)12-9-18-29(34(3,32)33)23-10-7-6-8-11-23/h6-8,10-11,13-16,20H,4-5,9,12,17-19H2,1-3H3,(H,27,31). The van der Waals surface area contributed by atoms with Gasteiger partial charge in [0.15, 0.2) is 0 Å². The molecule has 0 aromatic heterocycles. The number of rotatable bonds is 13. The fraction of sp³-hybridized carbons (Fsp3) is 0.440. The highest BCUT2D eigenvalue weighted by Gasteiger charge is 2.26. The number of anilines is 1. The van der Waals surface area contributed by atoms with E-state index in [0.29, 0.717) is 23.7 Å². The molecule has 0 spiro atoms. The van der Waals surface area contributed by atoms with Gasteiger partial charge in [-0.05, 0) is 49.6 Å². The molecule has 0 bridgehead atoms. The summed E-state index contributed by atoms with van der Waals surface area (Å²) in [5.41, 5.74) is 1.41. The Kier molecular flexibility index (Phi) is 10.9. The summed E-state index contributed by atoms with van der Waals surface area (Å²) in [7, 11) is -3.50. The summed E-state index contributed by atoms with van der Waals surface area (Å²) in [4.78, 5) is 27.4. The molecular weight excluding hydrogens is 474 g/mol. The second-order valence-electron chi connectivity index (χ2n) is 8.24. The molecule has 2 amide bonds. The predicted molar refractivity (Wildman–Crippen MR) is 137 cm³/mol. The number of nitrogens with zero attached hydrogens (tertiary/aromatic N) is 2. The topological polar surface area (TPSA) is 86.8 Å². The van der Waals surface area contributed by atoms with Crippen molar-refractivity contribution in [2.45, 2.75) is 52.1 Å². The minimum atomic E-state index is -3.50. The molecule has 0 saturated heterocycles. The van der Waals surface area contributed by atoms with Crippen LogP contribution < -0.4 is 9.62 Å². The van der Waals surface area contributed by atoms with Gasteiger partial charge in [-0.15, -0.1) is 0 Å². The number of unbranched alkanes of at least 4 members (excludes halogenated alkanes) is 1. The van der Waals surface area contributed by atoms with E-state index in [1.807, 2.05) is 25.1 Å². The summed E-state index contributed by atoms with van der Waals surface area (Å²) in [6.45, 7) is 4.74. The summed E-state index contributed by atoms with van der Waals surface area (Å²) in [5, 5.41) is 3.48. The van der Waals surface area contributed by atoms with Crippen LogP contribution in [0.4, 0.5) is 5.69 Å². The van der Waals surface area contributed by atoms with E-state index in [1.165, 1.54) is 9.21 Å². The number of para-hydroxylation sites is 1. The summed E-state index contributed by atoms with van der Waals surface area (Å²) in [6, 6.07) is 15.3. The molecule has 1 N–H and O–H groups in total. The Hall–Kier alpha value is -2.58. The van der Waals surface area contributed by atoms with Crippen LogP contribution in [0.3, 0.4) is 0 Å². The van der Waals surface area contributed by atoms with Crippen molar-refractivity contribution in [2.75, 3.05) is 23.7 Å². The second kappa shape index (κ2) is 13.3. The number of sulfonamides is 1. The average molecular weight is 508 g/mol. The second-order valence-corrected chi connectivity index (χ2v) is 10.6. The lowest BCUT2D eigenvalue weighted by Crippen LogP contribution is -2.47. The third-order valence-corrected chi connectivity index (χ3v) is 6.91. The molecule has 1 atom stereocenters. The number of nitrogens with one attached hydrogen (secondary N) is 1. The van der Waals surface area contributed by atoms with Crippen LogP contribution in [0.15, 0.2) is 54.6 Å². The maximum atomic E-state index is 13.2. The lowest BCUT2D eigenvalue weighted by Gasteiger charge is -2.29. The fourth-order valence-electron chi connectivity index (χ4n) is 3.50. The van der Waals surface area contributed by atoms with E-state index in [2.05, 4.69) is 5.32 Å². The summed E-state index contributed by atoms with van der Waals surface area (Å²) in [5.74, 6) is -0.424. The number of hydrogen-bond acceptors (Lipinski definition) is 4. The molecular formula is C25H34ClN3O4S. The number of carbonyl (C=O) groups excluding carboxylic acids is 2. The predicted octanol–water partition coefficient (Wildman–Crippen LogP) is 4.22. The van der Waals surface area contributed by atoms with Crippen molar-refractivity contribution in [2.24, 2.45) is 0 Å². The first-order valence-corrected chi connectivity index (χ1v) is 13.7. The number of halogens is 1. The number of amides is 2. The third kappa shape index (κ3) is 8.65. The Morgan fingerprint density at radius 3 is 2.26 bits per heavy atom. The monoisotopic (exact) mass is 507 g/mol. The van der Waals surface area contributed by atoms with Gasteiger partial charge in [-0.2, -0.15) is 0 Å². The minimum absolute atomic E-state index is 0.110. The molecule has 1 unspecified atom stereocenters. The summed E-state index contributed by atoms with van der Waals surface area (Å²) >= 11 is 5.98. The highest BCUT2D eigenvalue weighted by atomic mass is 35.5. The van der Waals surface area contributed by atoms with Gasteiger partial charge >= 0.3 is 0 Å². The van der Waals surface area contributed by atoms with Gasteiger partial charge in [0, 0.05) is 31.1 Å². The number of hydrogen-bond donors (Lipinski definition) is 1. The van der Waals surface area contributed by atoms with Gasteiger partial charge in [-0.3, -0.25) is 13.9 Å². The minimum Gasteiger partial charge on any atom is -0.354 e. The Labute approximate surface area is 208 Å². The SMILES string of the molecule is CCCCNC(=O)C(C)N(Cc1ccc(Cl)cc1)C(=O)CCCN(c1ccccc1)S(C)(=O)=O. The Bertz CT molecular complexity index is 1030. The van der Waals surface area contributed by atoms with E-state index in [4.69, 9.17) is 11.6 Å². The van der Waals surface area contributed by atoms with Crippen molar-refractivity contribution in [3.8, 4) is 0 Å². The first-order chi connectivity index (χ1) is 16.1. The first-order valence-electron chi connectivity index (χ1n) is 11.5. The molecule has 0 saturated carbocycles. The van der Waals surface area contributed by atoms with Gasteiger partial charge in [0.25, 0.3) is 0 Å². The number of benzene rings is 2. The largest absolute Gasteiger partial charge is 0.354 e. The molecule has 0 aliphatic carbocycles. The van der Waals surface area contributed by atoms with E-state index in [1.54, 1.807) is 43.3 Å². The van der Waals surface area contributed by atoms with Crippen molar-refractivity contribution in [3.05, 3.63) is 65.2 Å². The van der Waals surface area contributed by atoms with Gasteiger partial charge < -0.3 is 10.2 Å². The summed E-state index contributed by atoms with van der Waals surface area (Å²) < 4.78 is 25.9. The van der Waals surface area contributed by atoms with Gasteiger partial charge in [-0.1, -0.05) is 55.3 Å². The third-order valence-electron chi connectivity index (χ3n) is 5.46. The zero-order valence-electron chi connectivity index (χ0n) is 20.0. The van der Waals surface area contributed by atoms with Crippen LogP contribution in [0.1, 0.15) is 45.1 Å². The van der Waals surface area contributed by atoms with Crippen LogP contribution in [0, 0.1) is 0 Å². The fourth-order valence-corrected chi connectivity index (χ4v) is 4.59. The van der Waals surface area contributed by atoms with Gasteiger partial charge in [-0.25, -0.2) is 8.42 Å². The maximum absolute atomic E-state index is 13.2. The van der Waals surface area contributed by atoms with E-state index >= 15 is 0 Å². The maximum Gasteiger partial charge on any atom is 0.242 e. The van der Waals surface area contributed by atoms with Crippen LogP contribution in [0.2, 0.25) is 5.02 Å². The lowest BCUT2D eigenvalue weighted by molar-refractivity contribution is -0.140. The highest BCUT2D eigenvalue weighted by molar-refractivity contribution is 7.92. The van der Waals surface area contributed by atoms with Crippen molar-refractivity contribution in [1.82, 2.24) is 10.2 Å². The van der Waals surface area contributed by atoms with Crippen LogP contribution in [0.25, 0.3) is 0 Å². The van der Waals surface area contributed by atoms with Crippen molar-refractivity contribution < 1.29 is 18.0 Å². The first kappa shape index (κ1) is 27.7. The molecule has 0 aliphatic heterocycles. The van der Waals surface area contributed by atoms with Crippen LogP contribution >= 0.6 is 11.6 Å². The van der Waals surface area contributed by atoms with E-state index in [0.717, 1.165) is 24.7 Å². The molecule has 7 nitrogen and oxygen atoms in total. The van der Waals surface area contributed by atoms with E-state index < -0.39 is 16.1 Å². The van der Waals surface area contributed by atoms with Crippen molar-refractivity contribution in [3.63, 3.8) is 0 Å². The highest BCUT2D eigenvalue weighted by Crippen LogP contribution is 2.19. The Morgan fingerprint density at radius 2 is 1.68 bits per heavy atom. The van der Waals surface area contributed by atoms with E-state index in [-0.39, 0.29) is 31.3 Å². The Morgan fingerprint density at radius 1 is 1.03 bits per heavy atom. The van der Waals surface area contributed by atoms with Crippen LogP contribution in [-0.2, 0) is 26.2 Å². The van der Waals surface area contributed by atoms with Crippen molar-refractivity contribution >= 4 is 39.1 Å². The normalized spacial score (nSPS) is 12.1. The molecule has 0 radical (unpaired) electrons. The molecule has 0 fully saturated rings. The van der Waals surface area contributed by atoms with E-state index in [9.17, 15) is 18.0 Å². The molecule has 2 rings (SSSR count). The molecule has 2 aromatic carbocycles. The van der Waals surface area contributed by atoms with Crippen LogP contribution in [0.5, 0.6) is 0 Å². The molecule has 0 aliphatic rings. The number of carbonyl (C=O) groups is 2. The summed E-state index contributed by atoms with van der Waals surface area (Å²) in [6.07, 6.45) is 3.41. The molecule has 9 heteroatoms. The molecule has 34 heavy (non-hydrogen) atoms. The average Bonchev–Trinajstić information content (AvgIpc) is 2.80. The zero-order valence-corrected chi connectivity index (χ0v) is 21.6. The smallest absolute Gasteiger partial charge is 0.242 e. The Balaban J connectivity index is 2.11. The lowest BCUT2D eigenvalue weighted by atomic mass is 10.1. The van der Waals surface area contributed by atoms with Gasteiger partial charge in [0.05, 0.1) is 11.9 Å². The van der Waals surface area contributed by atoms with Gasteiger partial charge in [0.2, 0.25) is 21.8 Å². The molecule has 2 aromatic rings. The molecule has 186 valence electrons.